The Morgan fingerprint density at radius 2 is 1.55 bits per heavy atom. The highest BCUT2D eigenvalue weighted by Crippen LogP contribution is 2.57. The van der Waals surface area contributed by atoms with Crippen LogP contribution in [0.5, 0.6) is 11.5 Å². The summed E-state index contributed by atoms with van der Waals surface area (Å²) < 4.78 is 12.7. The zero-order valence-electron chi connectivity index (χ0n) is 19.3. The summed E-state index contributed by atoms with van der Waals surface area (Å²) in [5, 5.41) is 0. The number of hydrogen-bond acceptors (Lipinski definition) is 5. The van der Waals surface area contributed by atoms with Crippen molar-refractivity contribution in [2.45, 2.75) is 19.4 Å². The maximum Gasteiger partial charge on any atom is 0.340 e. The standard InChI is InChI=1S/C28H28N2O3/c1-5-16-29(4)19-12-14-23-25(17-19)32-26-18-20(30(6-2)7-3)13-15-24(26)28(23)22-11-9-8-10-21(22)27(31)33-28/h5,8-15,17-18H,1,6-7,16H2,2-4H3. The summed E-state index contributed by atoms with van der Waals surface area (Å²) in [6.07, 6.45) is 1.86. The minimum atomic E-state index is -1.03. The van der Waals surface area contributed by atoms with Crippen LogP contribution in [0.2, 0.25) is 0 Å². The molecule has 0 saturated heterocycles. The van der Waals surface area contributed by atoms with Crippen LogP contribution in [-0.4, -0.2) is 32.7 Å². The van der Waals surface area contributed by atoms with Crippen molar-refractivity contribution in [2.75, 3.05) is 36.5 Å². The molecule has 2 aliphatic rings. The number of nitrogens with zero attached hydrogens (tertiary/aromatic N) is 2. The third kappa shape index (κ3) is 3.10. The van der Waals surface area contributed by atoms with Crippen LogP contribution < -0.4 is 14.5 Å². The summed E-state index contributed by atoms with van der Waals surface area (Å²) in [7, 11) is 2.01. The highest BCUT2D eigenvalue weighted by Gasteiger charge is 2.53. The number of ether oxygens (including phenoxy) is 2. The van der Waals surface area contributed by atoms with E-state index in [0.29, 0.717) is 23.6 Å². The molecule has 1 spiro atoms. The van der Waals surface area contributed by atoms with Gasteiger partial charge in [0.05, 0.1) is 5.56 Å². The second kappa shape index (κ2) is 8.00. The molecule has 5 nitrogen and oxygen atoms in total. The lowest BCUT2D eigenvalue weighted by Gasteiger charge is -2.37. The van der Waals surface area contributed by atoms with Crippen LogP contribution in [0.15, 0.2) is 73.3 Å². The zero-order valence-corrected chi connectivity index (χ0v) is 19.3. The minimum Gasteiger partial charge on any atom is -0.456 e. The van der Waals surface area contributed by atoms with E-state index in [1.807, 2.05) is 61.7 Å². The van der Waals surface area contributed by atoms with Gasteiger partial charge in [-0.2, -0.15) is 0 Å². The molecule has 33 heavy (non-hydrogen) atoms. The molecule has 3 aromatic rings. The van der Waals surface area contributed by atoms with Crippen LogP contribution in [-0.2, 0) is 10.3 Å². The van der Waals surface area contributed by atoms with E-state index in [-0.39, 0.29) is 5.97 Å². The van der Waals surface area contributed by atoms with E-state index in [1.165, 1.54) is 0 Å². The topological polar surface area (TPSA) is 42.0 Å². The number of carbonyl (C=O) groups excluding carboxylic acids is 1. The van der Waals surface area contributed by atoms with E-state index in [1.54, 1.807) is 0 Å². The Balaban J connectivity index is 1.75. The Hall–Kier alpha value is -3.73. The van der Waals surface area contributed by atoms with Gasteiger partial charge in [0.25, 0.3) is 0 Å². The Morgan fingerprint density at radius 1 is 0.909 bits per heavy atom. The van der Waals surface area contributed by atoms with E-state index < -0.39 is 5.60 Å². The predicted octanol–water partition coefficient (Wildman–Crippen LogP) is 5.72. The molecule has 1 unspecified atom stereocenters. The first-order chi connectivity index (χ1) is 16.0. The number of hydrogen-bond donors (Lipinski definition) is 0. The molecule has 0 N–H and O–H groups in total. The van der Waals surface area contributed by atoms with Crippen molar-refractivity contribution in [1.29, 1.82) is 0 Å². The quantitative estimate of drug-likeness (QED) is 0.362. The maximum absolute atomic E-state index is 13.0. The number of benzene rings is 3. The summed E-state index contributed by atoms with van der Waals surface area (Å²) in [5.41, 5.74) is 4.17. The normalized spacial score (nSPS) is 17.5. The van der Waals surface area contributed by atoms with E-state index in [4.69, 9.17) is 9.47 Å². The van der Waals surface area contributed by atoms with Crippen molar-refractivity contribution < 1.29 is 14.3 Å². The average molecular weight is 441 g/mol. The number of fused-ring (bicyclic) bond motifs is 6. The molecule has 0 radical (unpaired) electrons. The van der Waals surface area contributed by atoms with Gasteiger partial charge in [-0.05, 0) is 44.2 Å². The molecular formula is C28H28N2O3. The number of carbonyl (C=O) groups is 1. The third-order valence-electron chi connectivity index (χ3n) is 6.65. The summed E-state index contributed by atoms with van der Waals surface area (Å²) in [4.78, 5) is 17.4. The van der Waals surface area contributed by atoms with Crippen LogP contribution in [0.4, 0.5) is 11.4 Å². The lowest BCUT2D eigenvalue weighted by Crippen LogP contribution is -2.33. The van der Waals surface area contributed by atoms with Gasteiger partial charge in [0, 0.05) is 66.9 Å². The van der Waals surface area contributed by atoms with E-state index >= 15 is 0 Å². The first kappa shape index (κ1) is 21.1. The molecule has 0 aliphatic carbocycles. The molecule has 0 saturated carbocycles. The minimum absolute atomic E-state index is 0.315. The lowest BCUT2D eigenvalue weighted by molar-refractivity contribution is 0.0224. The molecule has 5 rings (SSSR count). The van der Waals surface area contributed by atoms with E-state index in [0.717, 1.165) is 41.2 Å². The highest BCUT2D eigenvalue weighted by molar-refractivity contribution is 5.97. The van der Waals surface area contributed by atoms with Crippen molar-refractivity contribution in [3.8, 4) is 11.5 Å². The molecule has 2 heterocycles. The monoisotopic (exact) mass is 440 g/mol. The van der Waals surface area contributed by atoms with Crippen LogP contribution >= 0.6 is 0 Å². The number of rotatable bonds is 6. The van der Waals surface area contributed by atoms with Gasteiger partial charge >= 0.3 is 5.97 Å². The molecular weight excluding hydrogens is 412 g/mol. The Morgan fingerprint density at radius 3 is 2.21 bits per heavy atom. The van der Waals surface area contributed by atoms with Crippen molar-refractivity contribution in [3.63, 3.8) is 0 Å². The van der Waals surface area contributed by atoms with E-state index in [9.17, 15) is 4.79 Å². The number of anilines is 2. The molecule has 0 amide bonds. The van der Waals surface area contributed by atoms with E-state index in [2.05, 4.69) is 42.4 Å². The first-order valence-electron chi connectivity index (χ1n) is 11.4. The highest BCUT2D eigenvalue weighted by atomic mass is 16.6. The van der Waals surface area contributed by atoms with Crippen LogP contribution in [0.1, 0.15) is 40.9 Å². The summed E-state index contributed by atoms with van der Waals surface area (Å²) in [6.45, 7) is 10.6. The SMILES string of the molecule is C=CCN(C)c1ccc2c(c1)Oc1cc(N(CC)CC)ccc1C21OC(=O)c2ccccc21. The molecule has 5 heteroatoms. The maximum atomic E-state index is 13.0. The number of likely N-dealkylation sites (N-methyl/N-ethyl adjacent to an activating group) is 1. The third-order valence-corrected chi connectivity index (χ3v) is 6.65. The molecule has 1 atom stereocenters. The fraction of sp³-hybridized carbons (Fsp3) is 0.250. The molecule has 2 aliphatic heterocycles. The van der Waals surface area contributed by atoms with Gasteiger partial charge in [-0.3, -0.25) is 0 Å². The van der Waals surface area contributed by atoms with Crippen molar-refractivity contribution in [2.24, 2.45) is 0 Å². The van der Waals surface area contributed by atoms with Crippen LogP contribution in [0.3, 0.4) is 0 Å². The van der Waals surface area contributed by atoms with Crippen molar-refractivity contribution >= 4 is 17.3 Å². The Labute approximate surface area is 194 Å². The second-order valence-corrected chi connectivity index (χ2v) is 8.42. The van der Waals surface area contributed by atoms with Gasteiger partial charge < -0.3 is 19.3 Å². The smallest absolute Gasteiger partial charge is 0.340 e. The lowest BCUT2D eigenvalue weighted by atomic mass is 9.77. The van der Waals surface area contributed by atoms with Gasteiger partial charge in [-0.15, -0.1) is 6.58 Å². The fourth-order valence-corrected chi connectivity index (χ4v) is 4.98. The Bertz CT molecular complexity index is 1250. The van der Waals surface area contributed by atoms with Gasteiger partial charge in [0.1, 0.15) is 11.5 Å². The zero-order chi connectivity index (χ0) is 23.2. The molecule has 168 valence electrons. The van der Waals surface area contributed by atoms with Crippen LogP contribution in [0, 0.1) is 0 Å². The number of esters is 1. The molecule has 0 aromatic heterocycles. The van der Waals surface area contributed by atoms with Crippen molar-refractivity contribution in [1.82, 2.24) is 0 Å². The van der Waals surface area contributed by atoms with Crippen molar-refractivity contribution in [3.05, 3.63) is 95.6 Å². The molecule has 0 fully saturated rings. The van der Waals surface area contributed by atoms with Gasteiger partial charge in [-0.25, -0.2) is 4.79 Å². The largest absolute Gasteiger partial charge is 0.456 e. The van der Waals surface area contributed by atoms with Gasteiger partial charge in [-0.1, -0.05) is 24.3 Å². The Kier molecular flexibility index (Phi) is 5.12. The fourth-order valence-electron chi connectivity index (χ4n) is 4.98. The average Bonchev–Trinajstić information content (AvgIpc) is 3.13. The predicted molar refractivity (Wildman–Crippen MR) is 132 cm³/mol. The molecule has 3 aromatic carbocycles. The van der Waals surface area contributed by atoms with Crippen LogP contribution in [0.25, 0.3) is 0 Å². The summed E-state index contributed by atoms with van der Waals surface area (Å²) in [5.74, 6) is 1.09. The van der Waals surface area contributed by atoms with Gasteiger partial charge in [0.15, 0.2) is 5.60 Å². The molecule has 0 bridgehead atoms. The summed E-state index contributed by atoms with van der Waals surface area (Å²) in [6, 6.07) is 19.9. The summed E-state index contributed by atoms with van der Waals surface area (Å²) >= 11 is 0. The second-order valence-electron chi connectivity index (χ2n) is 8.42. The van der Waals surface area contributed by atoms with Gasteiger partial charge in [0.2, 0.25) is 0 Å². The first-order valence-corrected chi connectivity index (χ1v) is 11.4.